The Morgan fingerprint density at radius 3 is 2.78 bits per heavy atom. The Morgan fingerprint density at radius 1 is 1.07 bits per heavy atom. The molecule has 134 valence electrons. The fraction of sp³-hybridized carbons (Fsp3) is 0.174. The number of carbonyl (C=O) groups is 1. The minimum Gasteiger partial charge on any atom is -0.359 e. The fourth-order valence-electron chi connectivity index (χ4n) is 4.28. The van der Waals surface area contributed by atoms with Crippen molar-refractivity contribution in [2.45, 2.75) is 25.2 Å². The lowest BCUT2D eigenvalue weighted by atomic mass is 9.82. The minimum atomic E-state index is -0.404. The number of para-hydroxylation sites is 1. The minimum absolute atomic E-state index is 0.262. The highest BCUT2D eigenvalue weighted by Crippen LogP contribution is 2.39. The van der Waals surface area contributed by atoms with Crippen molar-refractivity contribution in [3.8, 4) is 0 Å². The van der Waals surface area contributed by atoms with Crippen LogP contribution in [0, 0.1) is 5.82 Å². The number of aromatic amines is 1. The summed E-state index contributed by atoms with van der Waals surface area (Å²) in [5.41, 5.74) is 6.14. The monoisotopic (exact) mass is 358 g/mol. The quantitative estimate of drug-likeness (QED) is 0.614. The van der Waals surface area contributed by atoms with E-state index in [0.717, 1.165) is 25.0 Å². The summed E-state index contributed by atoms with van der Waals surface area (Å²) >= 11 is 0. The smallest absolute Gasteiger partial charge is 0.256 e. The lowest BCUT2D eigenvalue weighted by molar-refractivity contribution is -0.110. The maximum Gasteiger partial charge on any atom is 0.256 e. The van der Waals surface area contributed by atoms with Gasteiger partial charge in [0.1, 0.15) is 5.82 Å². The van der Waals surface area contributed by atoms with Gasteiger partial charge in [0.15, 0.2) is 0 Å². The van der Waals surface area contributed by atoms with Crippen molar-refractivity contribution in [2.24, 2.45) is 0 Å². The molecular weight excluding hydrogens is 339 g/mol. The van der Waals surface area contributed by atoms with Crippen LogP contribution in [0.3, 0.4) is 0 Å². The van der Waals surface area contributed by atoms with Gasteiger partial charge in [-0.2, -0.15) is 0 Å². The molecule has 0 fully saturated rings. The highest BCUT2D eigenvalue weighted by molar-refractivity contribution is 6.34. The Morgan fingerprint density at radius 2 is 1.93 bits per heavy atom. The van der Waals surface area contributed by atoms with E-state index in [1.807, 2.05) is 12.1 Å². The van der Waals surface area contributed by atoms with E-state index in [0.29, 0.717) is 17.1 Å². The summed E-state index contributed by atoms with van der Waals surface area (Å²) in [7, 11) is 0. The van der Waals surface area contributed by atoms with E-state index < -0.39 is 5.82 Å². The highest BCUT2D eigenvalue weighted by atomic mass is 19.1. The number of halogens is 1. The van der Waals surface area contributed by atoms with Gasteiger partial charge in [0.05, 0.1) is 11.3 Å². The van der Waals surface area contributed by atoms with Gasteiger partial charge in [0.2, 0.25) is 0 Å². The van der Waals surface area contributed by atoms with Crippen molar-refractivity contribution in [1.29, 1.82) is 0 Å². The molecule has 1 unspecified atom stereocenters. The molecule has 1 aromatic heterocycles. The number of carbonyl (C=O) groups excluding carboxylic acids is 1. The molecule has 2 N–H and O–H groups in total. The van der Waals surface area contributed by atoms with Crippen LogP contribution in [0.4, 0.5) is 10.1 Å². The SMILES string of the molecule is O=C1Nc2c(F)cccc2C1=Cc1cc2c([nH]1)CCCC2c1ccccc1. The van der Waals surface area contributed by atoms with Crippen LogP contribution in [0.15, 0.2) is 54.6 Å². The molecule has 0 spiro atoms. The zero-order valence-corrected chi connectivity index (χ0v) is 14.8. The van der Waals surface area contributed by atoms with Crippen molar-refractivity contribution < 1.29 is 9.18 Å². The average Bonchev–Trinajstić information content (AvgIpc) is 3.24. The fourth-order valence-corrected chi connectivity index (χ4v) is 4.28. The van der Waals surface area contributed by atoms with Crippen LogP contribution in [0.5, 0.6) is 0 Å². The van der Waals surface area contributed by atoms with Gasteiger partial charge < -0.3 is 10.3 Å². The van der Waals surface area contributed by atoms with E-state index in [1.54, 1.807) is 12.1 Å². The molecule has 5 rings (SSSR count). The molecule has 0 saturated heterocycles. The third kappa shape index (κ3) is 2.69. The third-order valence-corrected chi connectivity index (χ3v) is 5.54. The van der Waals surface area contributed by atoms with E-state index in [2.05, 4.69) is 40.6 Å². The molecule has 0 saturated carbocycles. The first kappa shape index (κ1) is 16.1. The number of nitrogens with one attached hydrogen (secondary N) is 2. The number of hydrogen-bond donors (Lipinski definition) is 2. The largest absolute Gasteiger partial charge is 0.359 e. The standard InChI is InChI=1S/C23H19FN2O/c24-20-10-4-9-17-19(23(27)26-22(17)20)13-15-12-18-16(8-5-11-21(18)25-15)14-6-2-1-3-7-14/h1-4,6-7,9-10,12-13,16,25H,5,8,11H2,(H,26,27). The summed E-state index contributed by atoms with van der Waals surface area (Å²) in [5.74, 6) is -0.290. The Kier molecular flexibility index (Phi) is 3.71. The maximum atomic E-state index is 14.0. The van der Waals surface area contributed by atoms with E-state index in [1.165, 1.54) is 22.9 Å². The molecule has 2 aromatic carbocycles. The predicted octanol–water partition coefficient (Wildman–Crippen LogP) is 5.11. The lowest BCUT2D eigenvalue weighted by Crippen LogP contribution is -2.09. The molecule has 1 aliphatic carbocycles. The summed E-state index contributed by atoms with van der Waals surface area (Å²) in [6.07, 6.45) is 5.11. The van der Waals surface area contributed by atoms with Crippen LogP contribution >= 0.6 is 0 Å². The van der Waals surface area contributed by atoms with E-state index in [-0.39, 0.29) is 11.6 Å². The van der Waals surface area contributed by atoms with E-state index in [4.69, 9.17) is 0 Å². The average molecular weight is 358 g/mol. The van der Waals surface area contributed by atoms with Crippen molar-refractivity contribution >= 4 is 23.2 Å². The first-order chi connectivity index (χ1) is 13.2. The Bertz CT molecular complexity index is 1070. The van der Waals surface area contributed by atoms with Gasteiger partial charge in [-0.05, 0) is 48.6 Å². The number of anilines is 1. The molecule has 27 heavy (non-hydrogen) atoms. The molecule has 0 bridgehead atoms. The second kappa shape index (κ2) is 6.23. The summed E-state index contributed by atoms with van der Waals surface area (Å²) in [4.78, 5) is 15.8. The lowest BCUT2D eigenvalue weighted by Gasteiger charge is -2.22. The number of H-pyrrole nitrogens is 1. The number of amides is 1. The summed E-state index contributed by atoms with van der Waals surface area (Å²) in [6.45, 7) is 0. The molecule has 0 radical (unpaired) electrons. The Balaban J connectivity index is 1.56. The molecule has 3 nitrogen and oxygen atoms in total. The van der Waals surface area contributed by atoms with Crippen LogP contribution in [-0.2, 0) is 11.2 Å². The zero-order valence-electron chi connectivity index (χ0n) is 14.8. The van der Waals surface area contributed by atoms with Gasteiger partial charge in [0.25, 0.3) is 5.91 Å². The zero-order chi connectivity index (χ0) is 18.4. The van der Waals surface area contributed by atoms with Crippen molar-refractivity contribution in [3.05, 3.63) is 88.5 Å². The molecule has 3 aromatic rings. The van der Waals surface area contributed by atoms with Gasteiger partial charge >= 0.3 is 0 Å². The third-order valence-electron chi connectivity index (χ3n) is 5.54. The first-order valence-electron chi connectivity index (χ1n) is 9.29. The summed E-state index contributed by atoms with van der Waals surface area (Å²) in [5, 5.41) is 2.64. The second-order valence-electron chi connectivity index (χ2n) is 7.19. The summed E-state index contributed by atoms with van der Waals surface area (Å²) < 4.78 is 14.0. The van der Waals surface area contributed by atoms with Crippen molar-refractivity contribution in [3.63, 3.8) is 0 Å². The van der Waals surface area contributed by atoms with Crippen LogP contribution in [0.25, 0.3) is 11.6 Å². The van der Waals surface area contributed by atoms with Crippen LogP contribution < -0.4 is 5.32 Å². The van der Waals surface area contributed by atoms with Crippen molar-refractivity contribution in [2.75, 3.05) is 5.32 Å². The molecule has 1 aliphatic heterocycles. The second-order valence-corrected chi connectivity index (χ2v) is 7.19. The number of hydrogen-bond acceptors (Lipinski definition) is 1. The normalized spacial score (nSPS) is 19.7. The number of rotatable bonds is 2. The van der Waals surface area contributed by atoms with Gasteiger partial charge in [0, 0.05) is 22.9 Å². The maximum absolute atomic E-state index is 14.0. The van der Waals surface area contributed by atoms with E-state index in [9.17, 15) is 9.18 Å². The summed E-state index contributed by atoms with van der Waals surface area (Å²) in [6, 6.07) is 17.5. The topological polar surface area (TPSA) is 44.9 Å². The van der Waals surface area contributed by atoms with Gasteiger partial charge in [-0.25, -0.2) is 4.39 Å². The molecule has 1 atom stereocenters. The number of aryl methyl sites for hydroxylation is 1. The van der Waals surface area contributed by atoms with Gasteiger partial charge in [-0.1, -0.05) is 42.5 Å². The first-order valence-corrected chi connectivity index (χ1v) is 9.29. The Hall–Kier alpha value is -3.14. The Labute approximate surface area is 156 Å². The molecular formula is C23H19FN2O. The van der Waals surface area contributed by atoms with Crippen molar-refractivity contribution in [1.82, 2.24) is 4.98 Å². The highest BCUT2D eigenvalue weighted by Gasteiger charge is 2.28. The molecule has 4 heteroatoms. The van der Waals surface area contributed by atoms with Crippen LogP contribution in [0.2, 0.25) is 0 Å². The van der Waals surface area contributed by atoms with Gasteiger partial charge in [-0.3, -0.25) is 4.79 Å². The van der Waals surface area contributed by atoms with Crippen LogP contribution in [-0.4, -0.2) is 10.9 Å². The van der Waals surface area contributed by atoms with E-state index >= 15 is 0 Å². The number of fused-ring (bicyclic) bond motifs is 2. The molecule has 2 aliphatic rings. The number of benzene rings is 2. The molecule has 1 amide bonds. The van der Waals surface area contributed by atoms with Gasteiger partial charge in [-0.15, -0.1) is 0 Å². The number of aromatic nitrogens is 1. The van der Waals surface area contributed by atoms with Crippen LogP contribution in [0.1, 0.15) is 46.8 Å². The predicted molar refractivity (Wildman–Crippen MR) is 105 cm³/mol. The molecule has 2 heterocycles.